The maximum Gasteiger partial charge on any atom is 0.130 e. The highest BCUT2D eigenvalue weighted by Crippen LogP contribution is 2.24. The highest BCUT2D eigenvalue weighted by atomic mass is 35.5. The zero-order valence-corrected chi connectivity index (χ0v) is 13.0. The molecule has 0 N–H and O–H groups in total. The Bertz CT molecular complexity index is 734. The molecule has 1 aromatic heterocycles. The Morgan fingerprint density at radius 2 is 1.68 bits per heavy atom. The lowest BCUT2D eigenvalue weighted by molar-refractivity contribution is 0.306. The van der Waals surface area contributed by atoms with Gasteiger partial charge in [-0.15, -0.1) is 0 Å². The fourth-order valence-corrected chi connectivity index (χ4v) is 2.50. The molecule has 0 spiro atoms. The average Bonchev–Trinajstić information content (AvgIpc) is 2.53. The van der Waals surface area contributed by atoms with E-state index in [1.165, 1.54) is 0 Å². The van der Waals surface area contributed by atoms with Crippen LogP contribution in [0.3, 0.4) is 0 Å². The third-order valence-electron chi connectivity index (χ3n) is 3.34. The van der Waals surface area contributed by atoms with Crippen molar-refractivity contribution in [1.82, 2.24) is 4.98 Å². The second-order valence-corrected chi connectivity index (χ2v) is 5.54. The van der Waals surface area contributed by atoms with E-state index < -0.39 is 0 Å². The monoisotopic (exact) mass is 309 g/mol. The van der Waals surface area contributed by atoms with Gasteiger partial charge in [0.2, 0.25) is 0 Å². The summed E-state index contributed by atoms with van der Waals surface area (Å²) < 4.78 is 5.78. The third kappa shape index (κ3) is 3.66. The summed E-state index contributed by atoms with van der Waals surface area (Å²) in [6, 6.07) is 21.9. The Labute approximate surface area is 135 Å². The number of halogens is 1. The van der Waals surface area contributed by atoms with Gasteiger partial charge in [0, 0.05) is 5.56 Å². The molecule has 3 aromatic rings. The Morgan fingerprint density at radius 3 is 2.36 bits per heavy atom. The van der Waals surface area contributed by atoms with E-state index in [1.54, 1.807) is 0 Å². The van der Waals surface area contributed by atoms with E-state index in [1.807, 2.05) is 73.7 Å². The molecular weight excluding hydrogens is 294 g/mol. The van der Waals surface area contributed by atoms with Crippen LogP contribution in [0.4, 0.5) is 0 Å². The fourth-order valence-electron chi connectivity index (χ4n) is 2.24. The standard InChI is InChI=1S/C19H16ClNO/c1-14-11-18(21-19(20)12-14)16-7-9-17(10-8-16)22-13-15-5-3-2-4-6-15/h2-12H,13H2,1H3. The number of aryl methyl sites for hydroxylation is 1. The maximum atomic E-state index is 6.01. The SMILES string of the molecule is Cc1cc(Cl)nc(-c2ccc(OCc3ccccc3)cc2)c1. The number of hydrogen-bond acceptors (Lipinski definition) is 2. The van der Waals surface area contributed by atoms with Gasteiger partial charge in [0.15, 0.2) is 0 Å². The van der Waals surface area contributed by atoms with E-state index in [0.717, 1.165) is 28.1 Å². The highest BCUT2D eigenvalue weighted by Gasteiger charge is 2.03. The molecular formula is C19H16ClNO. The first-order valence-corrected chi connectivity index (χ1v) is 7.50. The number of aromatic nitrogens is 1. The van der Waals surface area contributed by atoms with E-state index in [-0.39, 0.29) is 0 Å². The van der Waals surface area contributed by atoms with Crippen LogP contribution < -0.4 is 4.74 Å². The molecule has 3 rings (SSSR count). The molecule has 0 fully saturated rings. The molecule has 0 saturated heterocycles. The predicted octanol–water partition coefficient (Wildman–Crippen LogP) is 5.29. The van der Waals surface area contributed by atoms with Crippen LogP contribution in [0.15, 0.2) is 66.7 Å². The molecule has 2 nitrogen and oxygen atoms in total. The molecule has 0 aliphatic rings. The van der Waals surface area contributed by atoms with Crippen LogP contribution in [0.5, 0.6) is 5.75 Å². The van der Waals surface area contributed by atoms with Crippen molar-refractivity contribution in [3.8, 4) is 17.0 Å². The molecule has 0 unspecified atom stereocenters. The van der Waals surface area contributed by atoms with Gasteiger partial charge in [0.25, 0.3) is 0 Å². The van der Waals surface area contributed by atoms with Crippen molar-refractivity contribution >= 4 is 11.6 Å². The maximum absolute atomic E-state index is 6.01. The van der Waals surface area contributed by atoms with E-state index in [2.05, 4.69) is 4.98 Å². The normalized spacial score (nSPS) is 10.5. The van der Waals surface area contributed by atoms with Crippen molar-refractivity contribution in [2.45, 2.75) is 13.5 Å². The molecule has 0 atom stereocenters. The molecule has 22 heavy (non-hydrogen) atoms. The molecule has 0 aliphatic carbocycles. The van der Waals surface area contributed by atoms with Crippen molar-refractivity contribution in [1.29, 1.82) is 0 Å². The van der Waals surface area contributed by atoms with E-state index >= 15 is 0 Å². The van der Waals surface area contributed by atoms with Gasteiger partial charge in [-0.1, -0.05) is 41.9 Å². The second kappa shape index (κ2) is 6.63. The van der Waals surface area contributed by atoms with Crippen LogP contribution >= 0.6 is 11.6 Å². The Morgan fingerprint density at radius 1 is 0.955 bits per heavy atom. The van der Waals surface area contributed by atoms with Crippen LogP contribution in [0.1, 0.15) is 11.1 Å². The van der Waals surface area contributed by atoms with Gasteiger partial charge in [-0.05, 0) is 54.4 Å². The lowest BCUT2D eigenvalue weighted by Gasteiger charge is -2.08. The summed E-state index contributed by atoms with van der Waals surface area (Å²) in [5, 5.41) is 0.513. The summed E-state index contributed by atoms with van der Waals surface area (Å²) in [6.45, 7) is 2.57. The zero-order chi connectivity index (χ0) is 15.4. The number of rotatable bonds is 4. The number of pyridine rings is 1. The molecule has 0 bridgehead atoms. The molecule has 0 radical (unpaired) electrons. The second-order valence-electron chi connectivity index (χ2n) is 5.15. The summed E-state index contributed by atoms with van der Waals surface area (Å²) in [7, 11) is 0. The van der Waals surface area contributed by atoms with Crippen molar-refractivity contribution < 1.29 is 4.74 Å². The Balaban J connectivity index is 1.72. The van der Waals surface area contributed by atoms with Crippen LogP contribution in [-0.2, 0) is 6.61 Å². The van der Waals surface area contributed by atoms with Gasteiger partial charge in [0.05, 0.1) is 5.69 Å². The van der Waals surface area contributed by atoms with Crippen LogP contribution in [0.2, 0.25) is 5.15 Å². The number of ether oxygens (including phenoxy) is 1. The van der Waals surface area contributed by atoms with Gasteiger partial charge in [-0.25, -0.2) is 4.98 Å². The van der Waals surface area contributed by atoms with E-state index in [4.69, 9.17) is 16.3 Å². The van der Waals surface area contributed by atoms with Gasteiger partial charge in [-0.2, -0.15) is 0 Å². The number of hydrogen-bond donors (Lipinski definition) is 0. The topological polar surface area (TPSA) is 22.1 Å². The first kappa shape index (κ1) is 14.6. The van der Waals surface area contributed by atoms with Crippen LogP contribution in [0, 0.1) is 6.92 Å². The Hall–Kier alpha value is -2.32. The average molecular weight is 310 g/mol. The lowest BCUT2D eigenvalue weighted by Crippen LogP contribution is -1.95. The fraction of sp³-hybridized carbons (Fsp3) is 0.105. The number of benzene rings is 2. The summed E-state index contributed by atoms with van der Waals surface area (Å²) in [4.78, 5) is 4.35. The number of nitrogens with zero attached hydrogens (tertiary/aromatic N) is 1. The Kier molecular flexibility index (Phi) is 4.40. The van der Waals surface area contributed by atoms with Crippen LogP contribution in [0.25, 0.3) is 11.3 Å². The zero-order valence-electron chi connectivity index (χ0n) is 12.3. The quantitative estimate of drug-likeness (QED) is 0.611. The molecule has 3 heteroatoms. The first-order chi connectivity index (χ1) is 10.7. The van der Waals surface area contributed by atoms with Crippen molar-refractivity contribution in [3.05, 3.63) is 83.0 Å². The van der Waals surface area contributed by atoms with Crippen molar-refractivity contribution in [2.24, 2.45) is 0 Å². The van der Waals surface area contributed by atoms with E-state index in [0.29, 0.717) is 11.8 Å². The van der Waals surface area contributed by atoms with Crippen molar-refractivity contribution in [3.63, 3.8) is 0 Å². The van der Waals surface area contributed by atoms with Crippen LogP contribution in [-0.4, -0.2) is 4.98 Å². The summed E-state index contributed by atoms with van der Waals surface area (Å²) >= 11 is 6.01. The summed E-state index contributed by atoms with van der Waals surface area (Å²) in [6.07, 6.45) is 0. The molecule has 0 saturated carbocycles. The van der Waals surface area contributed by atoms with Gasteiger partial charge >= 0.3 is 0 Å². The minimum absolute atomic E-state index is 0.513. The summed E-state index contributed by atoms with van der Waals surface area (Å²) in [5.41, 5.74) is 4.15. The summed E-state index contributed by atoms with van der Waals surface area (Å²) in [5.74, 6) is 0.839. The molecule has 110 valence electrons. The third-order valence-corrected chi connectivity index (χ3v) is 3.53. The lowest BCUT2D eigenvalue weighted by atomic mass is 10.1. The molecule has 0 aliphatic heterocycles. The minimum Gasteiger partial charge on any atom is -0.489 e. The highest BCUT2D eigenvalue weighted by molar-refractivity contribution is 6.29. The van der Waals surface area contributed by atoms with Gasteiger partial charge in [0.1, 0.15) is 17.5 Å². The molecule has 1 heterocycles. The van der Waals surface area contributed by atoms with Gasteiger partial charge in [-0.3, -0.25) is 0 Å². The smallest absolute Gasteiger partial charge is 0.130 e. The largest absolute Gasteiger partial charge is 0.489 e. The molecule has 2 aromatic carbocycles. The van der Waals surface area contributed by atoms with Gasteiger partial charge < -0.3 is 4.74 Å². The van der Waals surface area contributed by atoms with Crippen molar-refractivity contribution in [2.75, 3.05) is 0 Å². The van der Waals surface area contributed by atoms with E-state index in [9.17, 15) is 0 Å². The minimum atomic E-state index is 0.513. The first-order valence-electron chi connectivity index (χ1n) is 7.12. The molecule has 0 amide bonds. The predicted molar refractivity (Wildman–Crippen MR) is 90.2 cm³/mol.